The van der Waals surface area contributed by atoms with Crippen molar-refractivity contribution < 1.29 is 14.4 Å². The van der Waals surface area contributed by atoms with Crippen molar-refractivity contribution in [2.24, 2.45) is 0 Å². The molecule has 132 valence electrons. The molecule has 3 aliphatic rings. The molecule has 25 heavy (non-hydrogen) atoms. The van der Waals surface area contributed by atoms with Crippen LogP contribution in [-0.4, -0.2) is 59.9 Å². The van der Waals surface area contributed by atoms with Gasteiger partial charge in [-0.2, -0.15) is 0 Å². The maximum Gasteiger partial charge on any atom is 0.317 e. The highest BCUT2D eigenvalue weighted by molar-refractivity contribution is 6.01. The Morgan fingerprint density at radius 1 is 1.08 bits per heavy atom. The van der Waals surface area contributed by atoms with Gasteiger partial charge in [-0.3, -0.25) is 9.59 Å². The number of carbonyl (C=O) groups excluding carboxylic acids is 3. The number of likely N-dealkylation sites (tertiary alicyclic amines) is 1. The van der Waals surface area contributed by atoms with Gasteiger partial charge in [-0.05, 0) is 24.5 Å². The number of anilines is 1. The lowest BCUT2D eigenvalue weighted by atomic mass is 9.88. The van der Waals surface area contributed by atoms with Gasteiger partial charge in [0.05, 0.1) is 5.92 Å². The van der Waals surface area contributed by atoms with Gasteiger partial charge < -0.3 is 20.4 Å². The van der Waals surface area contributed by atoms with Crippen molar-refractivity contribution in [3.05, 3.63) is 29.8 Å². The summed E-state index contributed by atoms with van der Waals surface area (Å²) in [6.45, 7) is 2.71. The number of nitrogens with one attached hydrogen (secondary N) is 2. The number of para-hydroxylation sites is 1. The first-order chi connectivity index (χ1) is 12.1. The molecule has 4 rings (SSSR count). The highest BCUT2D eigenvalue weighted by Gasteiger charge is 2.36. The van der Waals surface area contributed by atoms with E-state index in [0.717, 1.165) is 30.6 Å². The van der Waals surface area contributed by atoms with Crippen LogP contribution in [0.25, 0.3) is 0 Å². The highest BCUT2D eigenvalue weighted by atomic mass is 16.2. The van der Waals surface area contributed by atoms with Crippen molar-refractivity contribution in [1.29, 1.82) is 0 Å². The van der Waals surface area contributed by atoms with Crippen LogP contribution in [0.4, 0.5) is 10.5 Å². The molecule has 2 saturated heterocycles. The predicted octanol–water partition coefficient (Wildman–Crippen LogP) is 1.13. The van der Waals surface area contributed by atoms with Crippen LogP contribution in [0.15, 0.2) is 24.3 Å². The van der Waals surface area contributed by atoms with Gasteiger partial charge in [0.25, 0.3) is 0 Å². The molecule has 0 saturated carbocycles. The summed E-state index contributed by atoms with van der Waals surface area (Å²) in [7, 11) is 0. The Labute approximate surface area is 146 Å². The molecule has 1 unspecified atom stereocenters. The first-order valence-electron chi connectivity index (χ1n) is 8.85. The van der Waals surface area contributed by atoms with Gasteiger partial charge in [0.15, 0.2) is 0 Å². The zero-order valence-corrected chi connectivity index (χ0v) is 14.0. The summed E-state index contributed by atoms with van der Waals surface area (Å²) < 4.78 is 0. The van der Waals surface area contributed by atoms with Crippen molar-refractivity contribution in [3.8, 4) is 0 Å². The third kappa shape index (κ3) is 2.94. The van der Waals surface area contributed by atoms with Crippen LogP contribution in [0.5, 0.6) is 0 Å². The smallest absolute Gasteiger partial charge is 0.317 e. The van der Waals surface area contributed by atoms with Crippen LogP contribution in [0, 0.1) is 0 Å². The van der Waals surface area contributed by atoms with Crippen molar-refractivity contribution >= 4 is 23.5 Å². The third-order valence-electron chi connectivity index (χ3n) is 5.40. The van der Waals surface area contributed by atoms with E-state index < -0.39 is 5.92 Å². The van der Waals surface area contributed by atoms with E-state index in [1.165, 1.54) is 0 Å². The Morgan fingerprint density at radius 2 is 1.84 bits per heavy atom. The number of piperidine rings is 1. The van der Waals surface area contributed by atoms with Gasteiger partial charge in [0.1, 0.15) is 0 Å². The molecule has 0 bridgehead atoms. The van der Waals surface area contributed by atoms with E-state index in [0.29, 0.717) is 19.6 Å². The van der Waals surface area contributed by atoms with Crippen molar-refractivity contribution in [2.45, 2.75) is 31.2 Å². The van der Waals surface area contributed by atoms with E-state index in [-0.39, 0.29) is 30.3 Å². The van der Waals surface area contributed by atoms with Crippen LogP contribution < -0.4 is 10.6 Å². The summed E-state index contributed by atoms with van der Waals surface area (Å²) in [5.41, 5.74) is 1.63. The Bertz CT molecular complexity index is 712. The molecule has 7 nitrogen and oxygen atoms in total. The Balaban J connectivity index is 1.44. The maximum atomic E-state index is 13.0. The first-order valence-corrected chi connectivity index (χ1v) is 8.85. The van der Waals surface area contributed by atoms with Crippen molar-refractivity contribution in [3.63, 3.8) is 0 Å². The number of nitrogens with zero attached hydrogens (tertiary/aromatic N) is 2. The average molecular weight is 342 g/mol. The average Bonchev–Trinajstić information content (AvgIpc) is 3.06. The minimum atomic E-state index is -0.406. The van der Waals surface area contributed by atoms with Crippen LogP contribution in [0.1, 0.15) is 30.7 Å². The number of amides is 4. The lowest BCUT2D eigenvalue weighted by molar-refractivity contribution is -0.136. The van der Waals surface area contributed by atoms with Crippen LogP contribution >= 0.6 is 0 Å². The Kier molecular flexibility index (Phi) is 4.07. The zero-order chi connectivity index (χ0) is 17.4. The molecule has 3 aliphatic heterocycles. The maximum absolute atomic E-state index is 13.0. The molecule has 0 aliphatic carbocycles. The lowest BCUT2D eigenvalue weighted by Crippen LogP contribution is -2.49. The van der Waals surface area contributed by atoms with Gasteiger partial charge in [0.2, 0.25) is 11.8 Å². The second-order valence-corrected chi connectivity index (χ2v) is 6.87. The van der Waals surface area contributed by atoms with E-state index >= 15 is 0 Å². The summed E-state index contributed by atoms with van der Waals surface area (Å²) >= 11 is 0. The van der Waals surface area contributed by atoms with E-state index in [2.05, 4.69) is 10.6 Å². The van der Waals surface area contributed by atoms with Gasteiger partial charge in [-0.25, -0.2) is 4.79 Å². The lowest BCUT2D eigenvalue weighted by Gasteiger charge is -2.38. The van der Waals surface area contributed by atoms with Crippen LogP contribution in [0.3, 0.4) is 0 Å². The molecule has 4 amide bonds. The molecule has 1 aromatic carbocycles. The minimum Gasteiger partial charge on any atom is -0.342 e. The fraction of sp³-hybridized carbons (Fsp3) is 0.500. The van der Waals surface area contributed by atoms with Gasteiger partial charge in [-0.15, -0.1) is 0 Å². The van der Waals surface area contributed by atoms with Crippen LogP contribution in [-0.2, 0) is 9.59 Å². The molecule has 0 spiro atoms. The molecular weight excluding hydrogens is 320 g/mol. The molecule has 1 atom stereocenters. The normalized spacial score (nSPS) is 23.9. The van der Waals surface area contributed by atoms with E-state index in [4.69, 9.17) is 0 Å². The van der Waals surface area contributed by atoms with Gasteiger partial charge in [0, 0.05) is 44.3 Å². The fourth-order valence-electron chi connectivity index (χ4n) is 4.08. The zero-order valence-electron chi connectivity index (χ0n) is 14.0. The topological polar surface area (TPSA) is 81.8 Å². The monoisotopic (exact) mass is 342 g/mol. The van der Waals surface area contributed by atoms with Crippen molar-refractivity contribution in [2.75, 3.05) is 31.5 Å². The van der Waals surface area contributed by atoms with E-state index in [1.807, 2.05) is 34.1 Å². The van der Waals surface area contributed by atoms with Crippen LogP contribution in [0.2, 0.25) is 0 Å². The quantitative estimate of drug-likeness (QED) is 0.845. The molecule has 0 radical (unpaired) electrons. The summed E-state index contributed by atoms with van der Waals surface area (Å²) in [5.74, 6) is -0.496. The predicted molar refractivity (Wildman–Crippen MR) is 92.1 cm³/mol. The number of urea groups is 1. The molecule has 7 heteroatoms. The first kappa shape index (κ1) is 15.9. The van der Waals surface area contributed by atoms with E-state index in [9.17, 15) is 14.4 Å². The number of hydrogen-bond donors (Lipinski definition) is 2. The highest BCUT2D eigenvalue weighted by Crippen LogP contribution is 2.34. The largest absolute Gasteiger partial charge is 0.342 e. The van der Waals surface area contributed by atoms with Gasteiger partial charge >= 0.3 is 6.03 Å². The molecule has 1 aromatic rings. The number of hydrogen-bond acceptors (Lipinski definition) is 3. The number of fused-ring (bicyclic) bond motifs is 1. The molecule has 2 fully saturated rings. The van der Waals surface area contributed by atoms with Crippen molar-refractivity contribution in [1.82, 2.24) is 15.1 Å². The molecule has 2 N–H and O–H groups in total. The number of carbonyl (C=O) groups is 3. The van der Waals surface area contributed by atoms with E-state index in [1.54, 1.807) is 0 Å². The molecular formula is C18H22N4O3. The fourth-order valence-corrected chi connectivity index (χ4v) is 4.08. The second kappa shape index (κ2) is 6.38. The number of benzene rings is 1. The number of rotatable bonds is 2. The standard InChI is InChI=1S/C18H22N4O3/c23-16-11-14(13-3-1-2-4-15(13)20-16)17(24)21-8-5-12(6-9-21)22-10-7-19-18(22)25/h1-4,12,14H,5-11H2,(H,19,25)(H,20,23). The summed E-state index contributed by atoms with van der Waals surface area (Å²) in [5, 5.41) is 5.67. The van der Waals surface area contributed by atoms with Gasteiger partial charge in [-0.1, -0.05) is 18.2 Å². The second-order valence-electron chi connectivity index (χ2n) is 6.87. The summed E-state index contributed by atoms with van der Waals surface area (Å²) in [6, 6.07) is 7.72. The third-order valence-corrected chi connectivity index (χ3v) is 5.40. The Morgan fingerprint density at radius 3 is 2.56 bits per heavy atom. The molecule has 3 heterocycles. The Hall–Kier alpha value is -2.57. The SMILES string of the molecule is O=C1CC(C(=O)N2CCC(N3CCNC3=O)CC2)c2ccccc2N1. The molecule has 0 aromatic heterocycles. The minimum absolute atomic E-state index is 0.00246. The summed E-state index contributed by atoms with van der Waals surface area (Å²) in [4.78, 5) is 40.5. The summed E-state index contributed by atoms with van der Waals surface area (Å²) in [6.07, 6.45) is 1.78.